The molecule has 2 N–H and O–H groups in total. The summed E-state index contributed by atoms with van der Waals surface area (Å²) < 4.78 is 50.1. The number of halogens is 4. The molecule has 0 unspecified atom stereocenters. The molecule has 1 heterocycles. The average molecular weight is 541 g/mol. The largest absolute Gasteiger partial charge is 0.490 e. The summed E-state index contributed by atoms with van der Waals surface area (Å²) in [5, 5.41) is 12.0. The Morgan fingerprint density at radius 1 is 1.13 bits per heavy atom. The van der Waals surface area contributed by atoms with Crippen LogP contribution in [-0.2, 0) is 11.0 Å². The van der Waals surface area contributed by atoms with Crippen molar-refractivity contribution in [2.45, 2.75) is 13.1 Å². The first-order valence-corrected chi connectivity index (χ1v) is 11.7. The van der Waals surface area contributed by atoms with Crippen molar-refractivity contribution >= 4 is 45.9 Å². The summed E-state index contributed by atoms with van der Waals surface area (Å²) in [7, 11) is 0. The molecule has 1 aromatic heterocycles. The Bertz CT molecular complexity index is 1520. The summed E-state index contributed by atoms with van der Waals surface area (Å²) in [5.41, 5.74) is 1.32. The van der Waals surface area contributed by atoms with Gasteiger partial charge in [0.15, 0.2) is 18.1 Å². The third-order valence-corrected chi connectivity index (χ3v) is 5.60. The monoisotopic (exact) mass is 540 g/mol. The molecule has 4 rings (SSSR count). The van der Waals surface area contributed by atoms with Crippen LogP contribution in [0.1, 0.15) is 23.9 Å². The lowest BCUT2D eigenvalue weighted by atomic mass is 10.1. The number of hydrogen-bond donors (Lipinski definition) is 2. The van der Waals surface area contributed by atoms with Crippen LogP contribution in [-0.4, -0.2) is 29.1 Å². The lowest BCUT2D eigenvalue weighted by molar-refractivity contribution is -0.137. The molecule has 0 aliphatic heterocycles. The third-order valence-electron chi connectivity index (χ3n) is 5.27. The van der Waals surface area contributed by atoms with Crippen LogP contribution >= 0.6 is 11.6 Å². The molecule has 11 heteroatoms. The number of carbonyl (C=O) groups is 1. The van der Waals surface area contributed by atoms with Crippen LogP contribution in [0.2, 0.25) is 5.02 Å². The van der Waals surface area contributed by atoms with E-state index in [1.807, 2.05) is 24.3 Å². The Balaban J connectivity index is 1.50. The Labute approximate surface area is 220 Å². The van der Waals surface area contributed by atoms with Crippen LogP contribution in [0.4, 0.5) is 18.9 Å². The highest BCUT2D eigenvalue weighted by molar-refractivity contribution is 6.33. The van der Waals surface area contributed by atoms with E-state index in [9.17, 15) is 23.2 Å². The number of para-hydroxylation sites is 2. The summed E-state index contributed by atoms with van der Waals surface area (Å²) in [6.07, 6.45) is -2.95. The maximum atomic E-state index is 13.0. The van der Waals surface area contributed by atoms with E-state index >= 15 is 0 Å². The zero-order chi connectivity index (χ0) is 27.3. The van der Waals surface area contributed by atoms with Gasteiger partial charge < -0.3 is 19.8 Å². The van der Waals surface area contributed by atoms with Gasteiger partial charge in [-0.2, -0.15) is 18.4 Å². The Morgan fingerprint density at radius 3 is 2.63 bits per heavy atom. The van der Waals surface area contributed by atoms with Gasteiger partial charge in [-0.15, -0.1) is 0 Å². The predicted molar refractivity (Wildman–Crippen MR) is 138 cm³/mol. The molecule has 194 valence electrons. The minimum absolute atomic E-state index is 0.0461. The first-order valence-electron chi connectivity index (χ1n) is 11.3. The van der Waals surface area contributed by atoms with Gasteiger partial charge in [-0.1, -0.05) is 29.8 Å². The molecular weight excluding hydrogens is 521 g/mol. The van der Waals surface area contributed by atoms with Crippen molar-refractivity contribution in [3.8, 4) is 17.6 Å². The second kappa shape index (κ2) is 11.3. The van der Waals surface area contributed by atoms with Crippen molar-refractivity contribution in [1.82, 2.24) is 9.97 Å². The van der Waals surface area contributed by atoms with E-state index in [0.717, 1.165) is 29.2 Å². The highest BCUT2D eigenvalue weighted by Gasteiger charge is 2.31. The predicted octanol–water partition coefficient (Wildman–Crippen LogP) is 6.72. The van der Waals surface area contributed by atoms with E-state index in [1.54, 1.807) is 31.2 Å². The van der Waals surface area contributed by atoms with Crippen molar-refractivity contribution in [2.24, 2.45) is 0 Å². The molecular formula is C27H20ClF3N4O3. The third kappa shape index (κ3) is 6.25. The minimum atomic E-state index is -4.58. The van der Waals surface area contributed by atoms with E-state index in [1.165, 1.54) is 0 Å². The number of carbonyl (C=O) groups excluding carboxylic acids is 1. The Kier molecular flexibility index (Phi) is 7.88. The van der Waals surface area contributed by atoms with Gasteiger partial charge in [-0.3, -0.25) is 4.79 Å². The summed E-state index contributed by atoms with van der Waals surface area (Å²) in [5.74, 6) is 0.246. The molecule has 38 heavy (non-hydrogen) atoms. The summed E-state index contributed by atoms with van der Waals surface area (Å²) in [6, 6.07) is 17.0. The van der Waals surface area contributed by atoms with E-state index in [4.69, 9.17) is 21.1 Å². The number of amides is 1. The van der Waals surface area contributed by atoms with E-state index in [2.05, 4.69) is 21.4 Å². The normalized spacial score (nSPS) is 11.7. The SMILES string of the molecule is CCOc1cc(/C=C(\C#N)c2nc3ccccc3[nH]2)ccc1OCC(=O)Nc1cc(C(F)(F)F)ccc1Cl. The molecule has 7 nitrogen and oxygen atoms in total. The second-order valence-electron chi connectivity index (χ2n) is 7.94. The fourth-order valence-electron chi connectivity index (χ4n) is 3.53. The van der Waals surface area contributed by atoms with Gasteiger partial charge in [0.2, 0.25) is 0 Å². The van der Waals surface area contributed by atoms with Gasteiger partial charge in [-0.05, 0) is 61.0 Å². The number of allylic oxidation sites excluding steroid dienone is 1. The smallest absolute Gasteiger partial charge is 0.416 e. The average Bonchev–Trinajstić information content (AvgIpc) is 3.31. The summed E-state index contributed by atoms with van der Waals surface area (Å²) >= 11 is 5.93. The quantitative estimate of drug-likeness (QED) is 0.242. The van der Waals surface area contributed by atoms with Gasteiger partial charge in [0.05, 0.1) is 39.5 Å². The number of imidazole rings is 1. The topological polar surface area (TPSA) is 100 Å². The Morgan fingerprint density at radius 2 is 1.92 bits per heavy atom. The highest BCUT2D eigenvalue weighted by atomic mass is 35.5. The molecule has 3 aromatic carbocycles. The minimum Gasteiger partial charge on any atom is -0.490 e. The molecule has 0 saturated heterocycles. The number of aromatic nitrogens is 2. The standard InChI is InChI=1S/C27H20ClF3N4O3/c1-2-37-24-12-16(11-17(14-32)26-34-20-5-3-4-6-21(20)35-26)7-10-23(24)38-15-25(36)33-22-13-18(27(29,30)31)8-9-19(22)28/h3-13H,2,15H2,1H3,(H,33,36)(H,34,35)/b17-11+. The molecule has 0 atom stereocenters. The zero-order valence-corrected chi connectivity index (χ0v) is 20.7. The van der Waals surface area contributed by atoms with Gasteiger partial charge >= 0.3 is 6.18 Å². The number of rotatable bonds is 8. The number of fused-ring (bicyclic) bond motifs is 1. The number of benzene rings is 3. The number of nitriles is 1. The van der Waals surface area contributed by atoms with E-state index in [0.29, 0.717) is 29.3 Å². The number of aromatic amines is 1. The van der Waals surface area contributed by atoms with Crippen molar-refractivity contribution in [3.63, 3.8) is 0 Å². The molecule has 0 saturated carbocycles. The van der Waals surface area contributed by atoms with Crippen LogP contribution in [0.5, 0.6) is 11.5 Å². The number of anilines is 1. The Hall–Kier alpha value is -4.49. The lowest BCUT2D eigenvalue weighted by Crippen LogP contribution is -2.21. The summed E-state index contributed by atoms with van der Waals surface area (Å²) in [6.45, 7) is 1.55. The zero-order valence-electron chi connectivity index (χ0n) is 19.9. The lowest BCUT2D eigenvalue weighted by Gasteiger charge is -2.14. The number of alkyl halides is 3. The first-order chi connectivity index (χ1) is 18.2. The molecule has 0 aliphatic carbocycles. The molecule has 4 aromatic rings. The van der Waals surface area contributed by atoms with Gasteiger partial charge in [0.1, 0.15) is 11.9 Å². The maximum absolute atomic E-state index is 13.0. The fourth-order valence-corrected chi connectivity index (χ4v) is 3.69. The molecule has 0 bridgehead atoms. The van der Waals surface area contributed by atoms with Gasteiger partial charge in [0.25, 0.3) is 5.91 Å². The van der Waals surface area contributed by atoms with Crippen molar-refractivity contribution in [3.05, 3.63) is 82.6 Å². The van der Waals surface area contributed by atoms with Crippen LogP contribution in [0.15, 0.2) is 60.7 Å². The number of H-pyrrole nitrogens is 1. The van der Waals surface area contributed by atoms with E-state index < -0.39 is 24.3 Å². The van der Waals surface area contributed by atoms with Gasteiger partial charge in [-0.25, -0.2) is 4.98 Å². The number of nitrogens with one attached hydrogen (secondary N) is 2. The van der Waals surface area contributed by atoms with Crippen molar-refractivity contribution < 1.29 is 27.4 Å². The second-order valence-corrected chi connectivity index (χ2v) is 8.35. The van der Waals surface area contributed by atoms with Crippen LogP contribution < -0.4 is 14.8 Å². The maximum Gasteiger partial charge on any atom is 0.416 e. The summed E-state index contributed by atoms with van der Waals surface area (Å²) in [4.78, 5) is 19.9. The van der Waals surface area contributed by atoms with Gasteiger partial charge in [0, 0.05) is 0 Å². The fraction of sp³-hybridized carbons (Fsp3) is 0.148. The van der Waals surface area contributed by atoms with Crippen molar-refractivity contribution in [2.75, 3.05) is 18.5 Å². The first kappa shape index (κ1) is 26.6. The van der Waals surface area contributed by atoms with E-state index in [-0.39, 0.29) is 16.5 Å². The van der Waals surface area contributed by atoms with Crippen LogP contribution in [0, 0.1) is 11.3 Å². The molecule has 1 amide bonds. The van der Waals surface area contributed by atoms with Crippen LogP contribution in [0.25, 0.3) is 22.7 Å². The van der Waals surface area contributed by atoms with Crippen molar-refractivity contribution in [1.29, 1.82) is 5.26 Å². The molecule has 0 radical (unpaired) electrons. The molecule has 0 aliphatic rings. The highest BCUT2D eigenvalue weighted by Crippen LogP contribution is 2.34. The molecule has 0 fully saturated rings. The number of nitrogens with zero attached hydrogens (tertiary/aromatic N) is 2. The van der Waals surface area contributed by atoms with Crippen LogP contribution in [0.3, 0.4) is 0 Å². The number of hydrogen-bond acceptors (Lipinski definition) is 5. The number of ether oxygens (including phenoxy) is 2. The molecule has 0 spiro atoms.